The third kappa shape index (κ3) is 4.40. The summed E-state index contributed by atoms with van der Waals surface area (Å²) in [6, 6.07) is 13.4. The summed E-state index contributed by atoms with van der Waals surface area (Å²) in [5.41, 5.74) is 2.58. The van der Waals surface area contributed by atoms with Gasteiger partial charge in [0, 0.05) is 16.5 Å². The molecule has 0 amide bonds. The van der Waals surface area contributed by atoms with E-state index in [0.29, 0.717) is 19.0 Å². The first kappa shape index (κ1) is 22.4. The summed E-state index contributed by atoms with van der Waals surface area (Å²) in [5, 5.41) is 0.945. The Kier molecular flexibility index (Phi) is 6.06. The van der Waals surface area contributed by atoms with Gasteiger partial charge in [0.25, 0.3) is 0 Å². The molecule has 1 aliphatic heterocycles. The molecule has 4 rings (SSSR count). The van der Waals surface area contributed by atoms with Crippen molar-refractivity contribution in [2.75, 3.05) is 6.61 Å². The highest BCUT2D eigenvalue weighted by Crippen LogP contribution is 2.36. The van der Waals surface area contributed by atoms with Gasteiger partial charge in [-0.2, -0.15) is 0 Å². The zero-order chi connectivity index (χ0) is 22.9. The minimum Gasteiger partial charge on any atom is -0.488 e. The largest absolute Gasteiger partial charge is 0.494 e. The van der Waals surface area contributed by atoms with Gasteiger partial charge >= 0.3 is 13.1 Å². The van der Waals surface area contributed by atoms with E-state index in [4.69, 9.17) is 23.2 Å². The van der Waals surface area contributed by atoms with Gasteiger partial charge in [0.1, 0.15) is 17.9 Å². The molecule has 0 atom stereocenters. The summed E-state index contributed by atoms with van der Waals surface area (Å²) in [4.78, 5) is 11.9. The van der Waals surface area contributed by atoms with E-state index in [9.17, 15) is 4.79 Å². The highest BCUT2D eigenvalue weighted by Gasteiger charge is 2.51. The lowest BCUT2D eigenvalue weighted by Gasteiger charge is -2.32. The third-order valence-electron chi connectivity index (χ3n) is 6.20. The summed E-state index contributed by atoms with van der Waals surface area (Å²) in [6.07, 6.45) is 1.87. The number of para-hydroxylation sites is 1. The van der Waals surface area contributed by atoms with E-state index in [1.165, 1.54) is 0 Å². The van der Waals surface area contributed by atoms with Crippen molar-refractivity contribution in [1.82, 2.24) is 0 Å². The molecule has 0 saturated carbocycles. The third-order valence-corrected chi connectivity index (χ3v) is 6.20. The SMILES string of the molecule is CCOC(=O)Cc1ccccc1OCc1coc2ccc(B3OC(C)(C)C(C)(C)O3)cc12. The predicted octanol–water partition coefficient (Wildman–Crippen LogP) is 4.42. The average Bonchev–Trinajstić information content (AvgIpc) is 3.24. The van der Waals surface area contributed by atoms with E-state index in [-0.39, 0.29) is 12.4 Å². The molecule has 0 radical (unpaired) electrons. The quantitative estimate of drug-likeness (QED) is 0.404. The zero-order valence-corrected chi connectivity index (χ0v) is 19.3. The molecule has 1 fully saturated rings. The van der Waals surface area contributed by atoms with Crippen LogP contribution in [-0.4, -0.2) is 30.9 Å². The molecule has 0 spiro atoms. The van der Waals surface area contributed by atoms with Crippen molar-refractivity contribution >= 4 is 29.5 Å². The van der Waals surface area contributed by atoms with Crippen LogP contribution in [0.4, 0.5) is 0 Å². The van der Waals surface area contributed by atoms with Crippen molar-refractivity contribution < 1.29 is 28.0 Å². The molecule has 2 heterocycles. The van der Waals surface area contributed by atoms with Crippen molar-refractivity contribution in [3.63, 3.8) is 0 Å². The fraction of sp³-hybridized carbons (Fsp3) is 0.400. The van der Waals surface area contributed by atoms with Gasteiger partial charge in [-0.1, -0.05) is 30.3 Å². The molecule has 0 aliphatic carbocycles. The molecular weight excluding hydrogens is 407 g/mol. The van der Waals surface area contributed by atoms with Crippen molar-refractivity contribution in [3.8, 4) is 5.75 Å². The van der Waals surface area contributed by atoms with Crippen molar-refractivity contribution in [1.29, 1.82) is 0 Å². The van der Waals surface area contributed by atoms with Crippen LogP contribution in [0.1, 0.15) is 45.7 Å². The molecule has 3 aromatic rings. The Balaban J connectivity index is 1.53. The lowest BCUT2D eigenvalue weighted by molar-refractivity contribution is -0.142. The van der Waals surface area contributed by atoms with Crippen LogP contribution in [0.5, 0.6) is 5.75 Å². The van der Waals surface area contributed by atoms with Gasteiger partial charge in [-0.15, -0.1) is 0 Å². The number of rotatable bonds is 7. The summed E-state index contributed by atoms with van der Waals surface area (Å²) in [6.45, 7) is 10.6. The van der Waals surface area contributed by atoms with Gasteiger partial charge in [0.15, 0.2) is 0 Å². The number of benzene rings is 2. The number of furan rings is 1. The summed E-state index contributed by atoms with van der Waals surface area (Å²) < 4.78 is 29.2. The average molecular weight is 436 g/mol. The van der Waals surface area contributed by atoms with Gasteiger partial charge in [-0.25, -0.2) is 0 Å². The Bertz CT molecular complexity index is 1100. The Morgan fingerprint density at radius 3 is 2.44 bits per heavy atom. The second kappa shape index (κ2) is 8.64. The van der Waals surface area contributed by atoms with Crippen LogP contribution in [0.2, 0.25) is 0 Å². The number of hydrogen-bond acceptors (Lipinski definition) is 6. The number of fused-ring (bicyclic) bond motifs is 1. The molecule has 0 N–H and O–H groups in total. The molecule has 7 heteroatoms. The predicted molar refractivity (Wildman–Crippen MR) is 123 cm³/mol. The maximum absolute atomic E-state index is 11.9. The van der Waals surface area contributed by atoms with E-state index in [2.05, 4.69) is 0 Å². The Hall–Kier alpha value is -2.77. The van der Waals surface area contributed by atoms with Gasteiger partial charge in [-0.05, 0) is 52.2 Å². The van der Waals surface area contributed by atoms with E-state index >= 15 is 0 Å². The normalized spacial score (nSPS) is 17.0. The first-order valence-corrected chi connectivity index (χ1v) is 10.9. The van der Waals surface area contributed by atoms with Crippen molar-refractivity contribution in [3.05, 3.63) is 59.9 Å². The molecular formula is C25H29BO6. The number of esters is 1. The van der Waals surface area contributed by atoms with Gasteiger partial charge in [-0.3, -0.25) is 4.79 Å². The molecule has 2 aromatic carbocycles. The molecule has 168 valence electrons. The smallest absolute Gasteiger partial charge is 0.488 e. The van der Waals surface area contributed by atoms with Crippen LogP contribution in [0.3, 0.4) is 0 Å². The van der Waals surface area contributed by atoms with Crippen molar-refractivity contribution in [2.45, 2.75) is 58.8 Å². The lowest BCUT2D eigenvalue weighted by Crippen LogP contribution is -2.41. The molecule has 1 saturated heterocycles. The highest BCUT2D eigenvalue weighted by atomic mass is 16.7. The molecule has 32 heavy (non-hydrogen) atoms. The number of hydrogen-bond donors (Lipinski definition) is 0. The first-order valence-electron chi connectivity index (χ1n) is 10.9. The van der Waals surface area contributed by atoms with Gasteiger partial charge < -0.3 is 23.2 Å². The summed E-state index contributed by atoms with van der Waals surface area (Å²) in [5.74, 6) is 0.376. The molecule has 1 aromatic heterocycles. The second-order valence-electron chi connectivity index (χ2n) is 8.98. The van der Waals surface area contributed by atoms with Crippen LogP contribution < -0.4 is 10.2 Å². The highest BCUT2D eigenvalue weighted by molar-refractivity contribution is 6.62. The number of carbonyl (C=O) groups excluding carboxylic acids is 1. The number of ether oxygens (including phenoxy) is 2. The van der Waals surface area contributed by atoms with E-state index < -0.39 is 18.3 Å². The lowest BCUT2D eigenvalue weighted by atomic mass is 9.78. The minimum absolute atomic E-state index is 0.169. The summed E-state index contributed by atoms with van der Waals surface area (Å²) >= 11 is 0. The van der Waals surface area contributed by atoms with E-state index in [0.717, 1.165) is 27.6 Å². The maximum Gasteiger partial charge on any atom is 0.494 e. The summed E-state index contributed by atoms with van der Waals surface area (Å²) in [7, 11) is -0.446. The fourth-order valence-corrected chi connectivity index (χ4v) is 3.65. The molecule has 6 nitrogen and oxygen atoms in total. The standard InChI is InChI=1S/C25H29BO6/c1-6-28-23(27)13-17-9-7-8-10-21(17)29-15-18-16-30-22-12-11-19(14-20(18)22)26-31-24(2,3)25(4,5)32-26/h7-12,14,16H,6,13,15H2,1-5H3. The Morgan fingerprint density at radius 1 is 1.00 bits per heavy atom. The number of carbonyl (C=O) groups is 1. The van der Waals surface area contributed by atoms with Crippen LogP contribution in [0.25, 0.3) is 11.0 Å². The van der Waals surface area contributed by atoms with Crippen LogP contribution in [-0.2, 0) is 31.9 Å². The van der Waals surface area contributed by atoms with Crippen molar-refractivity contribution in [2.24, 2.45) is 0 Å². The first-order chi connectivity index (χ1) is 15.2. The molecule has 0 bridgehead atoms. The van der Waals surface area contributed by atoms with E-state index in [1.54, 1.807) is 13.2 Å². The van der Waals surface area contributed by atoms with Crippen LogP contribution in [0, 0.1) is 0 Å². The fourth-order valence-electron chi connectivity index (χ4n) is 3.65. The second-order valence-corrected chi connectivity index (χ2v) is 8.98. The maximum atomic E-state index is 11.9. The molecule has 0 unspecified atom stereocenters. The van der Waals surface area contributed by atoms with Crippen LogP contribution >= 0.6 is 0 Å². The topological polar surface area (TPSA) is 67.1 Å². The van der Waals surface area contributed by atoms with Gasteiger partial charge in [0.05, 0.1) is 30.5 Å². The van der Waals surface area contributed by atoms with Gasteiger partial charge in [0.2, 0.25) is 0 Å². The monoisotopic (exact) mass is 436 g/mol. The Morgan fingerprint density at radius 2 is 1.72 bits per heavy atom. The van der Waals surface area contributed by atoms with E-state index in [1.807, 2.05) is 70.2 Å². The Labute approximate surface area is 188 Å². The minimum atomic E-state index is -0.446. The molecule has 1 aliphatic rings. The van der Waals surface area contributed by atoms with Crippen LogP contribution in [0.15, 0.2) is 53.1 Å². The zero-order valence-electron chi connectivity index (χ0n) is 19.3.